The molecule has 0 unspecified atom stereocenters. The Kier molecular flexibility index (Phi) is 5.96. The van der Waals surface area contributed by atoms with Crippen molar-refractivity contribution in [1.82, 2.24) is 30.0 Å². The van der Waals surface area contributed by atoms with Gasteiger partial charge in [-0.15, -0.1) is 0 Å². The fourth-order valence-corrected chi connectivity index (χ4v) is 4.59. The summed E-state index contributed by atoms with van der Waals surface area (Å²) < 4.78 is 2.05. The van der Waals surface area contributed by atoms with Crippen LogP contribution in [-0.4, -0.2) is 37.1 Å². The highest BCUT2D eigenvalue weighted by Gasteiger charge is 2.28. The number of H-pyrrole nitrogens is 1. The van der Waals surface area contributed by atoms with E-state index in [0.29, 0.717) is 18.2 Å². The average molecular weight is 443 g/mol. The fourth-order valence-electron chi connectivity index (χ4n) is 4.59. The number of amides is 1. The summed E-state index contributed by atoms with van der Waals surface area (Å²) in [5.41, 5.74) is 6.13. The third-order valence-corrected chi connectivity index (χ3v) is 6.12. The molecule has 7 nitrogen and oxygen atoms in total. The monoisotopic (exact) mass is 442 g/mol. The second-order valence-corrected chi connectivity index (χ2v) is 9.24. The van der Waals surface area contributed by atoms with Crippen LogP contribution >= 0.6 is 0 Å². The first kappa shape index (κ1) is 21.4. The van der Waals surface area contributed by atoms with Crippen LogP contribution in [-0.2, 0) is 32.6 Å². The second kappa shape index (κ2) is 9.19. The van der Waals surface area contributed by atoms with Gasteiger partial charge in [0.15, 0.2) is 5.69 Å². The molecule has 1 aromatic carbocycles. The Morgan fingerprint density at radius 1 is 1.21 bits per heavy atom. The molecule has 0 spiro atoms. The van der Waals surface area contributed by atoms with Crippen LogP contribution in [0.2, 0.25) is 0 Å². The Labute approximate surface area is 193 Å². The summed E-state index contributed by atoms with van der Waals surface area (Å²) in [4.78, 5) is 23.2. The molecule has 4 aromatic rings. The number of pyridine rings is 1. The smallest absolute Gasteiger partial charge is 0.272 e. The van der Waals surface area contributed by atoms with E-state index < -0.39 is 0 Å². The van der Waals surface area contributed by atoms with Crippen molar-refractivity contribution in [3.63, 3.8) is 0 Å². The number of hydrogen-bond acceptors (Lipinski definition) is 4. The zero-order valence-corrected chi connectivity index (χ0v) is 19.2. The van der Waals surface area contributed by atoms with Gasteiger partial charge in [0.05, 0.1) is 0 Å². The molecule has 0 bridgehead atoms. The van der Waals surface area contributed by atoms with Crippen molar-refractivity contribution in [1.29, 1.82) is 0 Å². The van der Waals surface area contributed by atoms with Crippen LogP contribution < -0.4 is 5.32 Å². The number of carbonyl (C=O) groups is 1. The van der Waals surface area contributed by atoms with E-state index in [1.165, 1.54) is 16.8 Å². The molecule has 33 heavy (non-hydrogen) atoms. The third kappa shape index (κ3) is 4.68. The average Bonchev–Trinajstić information content (AvgIpc) is 3.38. The molecule has 170 valence electrons. The van der Waals surface area contributed by atoms with Gasteiger partial charge in [0, 0.05) is 74.0 Å². The minimum atomic E-state index is -0.120. The molecule has 4 heterocycles. The lowest BCUT2D eigenvalue weighted by molar-refractivity contribution is 0.0942. The molecule has 0 atom stereocenters. The maximum atomic E-state index is 13.1. The van der Waals surface area contributed by atoms with Gasteiger partial charge in [0.25, 0.3) is 5.91 Å². The predicted molar refractivity (Wildman–Crippen MR) is 129 cm³/mol. The molecule has 5 rings (SSSR count). The molecular weight excluding hydrogens is 412 g/mol. The van der Waals surface area contributed by atoms with E-state index in [1.54, 1.807) is 12.4 Å². The zero-order chi connectivity index (χ0) is 22.8. The Morgan fingerprint density at radius 2 is 2.09 bits per heavy atom. The van der Waals surface area contributed by atoms with E-state index in [9.17, 15) is 4.79 Å². The fraction of sp³-hybridized carbons (Fsp3) is 0.346. The normalized spacial score (nSPS) is 14.0. The number of aromatic amines is 1. The molecule has 2 N–H and O–H groups in total. The number of para-hydroxylation sites is 1. The molecule has 0 saturated heterocycles. The molecule has 3 aromatic heterocycles. The Morgan fingerprint density at radius 3 is 2.88 bits per heavy atom. The van der Waals surface area contributed by atoms with Gasteiger partial charge in [-0.2, -0.15) is 5.10 Å². The topological polar surface area (TPSA) is 78.8 Å². The zero-order valence-electron chi connectivity index (χ0n) is 19.2. The molecule has 0 aliphatic carbocycles. The van der Waals surface area contributed by atoms with Gasteiger partial charge in [-0.05, 0) is 35.1 Å². The van der Waals surface area contributed by atoms with E-state index in [4.69, 9.17) is 5.10 Å². The highest BCUT2D eigenvalue weighted by molar-refractivity contribution is 5.94. The lowest BCUT2D eigenvalue weighted by atomic mass is 10.0. The largest absolute Gasteiger partial charge is 0.357 e. The summed E-state index contributed by atoms with van der Waals surface area (Å²) in [5.74, 6) is 0.342. The minimum absolute atomic E-state index is 0.120. The van der Waals surface area contributed by atoms with Gasteiger partial charge in [-0.25, -0.2) is 0 Å². The minimum Gasteiger partial charge on any atom is -0.357 e. The summed E-state index contributed by atoms with van der Waals surface area (Å²) in [6.07, 6.45) is 4.40. The number of rotatable bonds is 7. The highest BCUT2D eigenvalue weighted by atomic mass is 16.2. The van der Waals surface area contributed by atoms with Crippen molar-refractivity contribution in [2.45, 2.75) is 46.4 Å². The molecule has 7 heteroatoms. The summed E-state index contributed by atoms with van der Waals surface area (Å²) >= 11 is 0. The SMILES string of the molecule is CC(C)Cn1nc(C(=O)NCc2cccnc2)c2c1CCN(Cc1cc3ccccc3[nH]1)C2. The number of nitrogens with one attached hydrogen (secondary N) is 2. The number of nitrogens with zero attached hydrogens (tertiary/aromatic N) is 4. The quantitative estimate of drug-likeness (QED) is 0.455. The summed E-state index contributed by atoms with van der Waals surface area (Å²) in [6, 6.07) is 14.4. The Hall–Kier alpha value is -3.45. The van der Waals surface area contributed by atoms with Crippen LogP contribution in [0, 0.1) is 5.92 Å². The standard InChI is InChI=1S/C26H30N6O/c1-18(2)15-32-24-9-11-31(16-21-12-20-7-3-4-8-23(20)29-21)17-22(24)25(30-32)26(33)28-14-19-6-5-10-27-13-19/h3-8,10,12-13,18,29H,9,11,14-17H2,1-2H3,(H,28,33). The molecule has 1 amide bonds. The molecule has 1 aliphatic rings. The lowest BCUT2D eigenvalue weighted by Gasteiger charge is -2.27. The van der Waals surface area contributed by atoms with Gasteiger partial charge in [-0.1, -0.05) is 38.1 Å². The van der Waals surface area contributed by atoms with Crippen molar-refractivity contribution in [3.8, 4) is 0 Å². The molecule has 0 radical (unpaired) electrons. The van der Waals surface area contributed by atoms with Gasteiger partial charge >= 0.3 is 0 Å². The van der Waals surface area contributed by atoms with Crippen LogP contribution in [0.15, 0.2) is 54.9 Å². The second-order valence-electron chi connectivity index (χ2n) is 9.24. The maximum Gasteiger partial charge on any atom is 0.272 e. The van der Waals surface area contributed by atoms with Crippen molar-refractivity contribution < 1.29 is 4.79 Å². The predicted octanol–water partition coefficient (Wildman–Crippen LogP) is 3.90. The van der Waals surface area contributed by atoms with Crippen LogP contribution in [0.25, 0.3) is 10.9 Å². The lowest BCUT2D eigenvalue weighted by Crippen LogP contribution is -2.32. The summed E-state index contributed by atoms with van der Waals surface area (Å²) in [6.45, 7) is 8.11. The Bertz CT molecular complexity index is 1220. The number of hydrogen-bond donors (Lipinski definition) is 2. The number of benzene rings is 1. The van der Waals surface area contributed by atoms with Gasteiger partial charge < -0.3 is 10.3 Å². The van der Waals surface area contributed by atoms with Crippen LogP contribution in [0.3, 0.4) is 0 Å². The van der Waals surface area contributed by atoms with Gasteiger partial charge in [0.1, 0.15) is 0 Å². The van der Waals surface area contributed by atoms with E-state index >= 15 is 0 Å². The maximum absolute atomic E-state index is 13.1. The van der Waals surface area contributed by atoms with Crippen molar-refractivity contribution in [2.75, 3.05) is 6.54 Å². The van der Waals surface area contributed by atoms with E-state index in [1.807, 2.05) is 12.1 Å². The van der Waals surface area contributed by atoms with Crippen LogP contribution in [0.4, 0.5) is 0 Å². The first-order valence-electron chi connectivity index (χ1n) is 11.6. The van der Waals surface area contributed by atoms with Crippen molar-refractivity contribution >= 4 is 16.8 Å². The van der Waals surface area contributed by atoms with Gasteiger partial charge in [0.2, 0.25) is 0 Å². The molecule has 1 aliphatic heterocycles. The molecule has 0 fully saturated rings. The first-order chi connectivity index (χ1) is 16.1. The number of carbonyl (C=O) groups excluding carboxylic acids is 1. The van der Waals surface area contributed by atoms with E-state index in [2.05, 4.69) is 69.0 Å². The third-order valence-electron chi connectivity index (χ3n) is 6.12. The van der Waals surface area contributed by atoms with Gasteiger partial charge in [-0.3, -0.25) is 19.4 Å². The molecular formula is C26H30N6O. The number of fused-ring (bicyclic) bond motifs is 2. The van der Waals surface area contributed by atoms with Crippen LogP contribution in [0.1, 0.15) is 46.9 Å². The van der Waals surface area contributed by atoms with Crippen LogP contribution in [0.5, 0.6) is 0 Å². The van der Waals surface area contributed by atoms with Crippen molar-refractivity contribution in [2.24, 2.45) is 5.92 Å². The van der Waals surface area contributed by atoms with E-state index in [0.717, 1.165) is 49.2 Å². The molecule has 0 saturated carbocycles. The van der Waals surface area contributed by atoms with Crippen molar-refractivity contribution in [3.05, 3.63) is 83.1 Å². The highest BCUT2D eigenvalue weighted by Crippen LogP contribution is 2.26. The number of aromatic nitrogens is 4. The summed E-state index contributed by atoms with van der Waals surface area (Å²) in [7, 11) is 0. The summed E-state index contributed by atoms with van der Waals surface area (Å²) in [5, 5.41) is 9.04. The Balaban J connectivity index is 1.36. The first-order valence-corrected chi connectivity index (χ1v) is 11.6. The van der Waals surface area contributed by atoms with E-state index in [-0.39, 0.29) is 5.91 Å².